The van der Waals surface area contributed by atoms with Crippen molar-refractivity contribution >= 4 is 6.47 Å². The van der Waals surface area contributed by atoms with E-state index in [9.17, 15) is 18.0 Å². The molecule has 0 aliphatic rings. The zero-order valence-electron chi connectivity index (χ0n) is 14.7. The summed E-state index contributed by atoms with van der Waals surface area (Å²) in [5, 5.41) is 0. The van der Waals surface area contributed by atoms with Gasteiger partial charge in [0, 0.05) is 31.3 Å². The van der Waals surface area contributed by atoms with Crippen molar-refractivity contribution in [3.05, 3.63) is 47.7 Å². The van der Waals surface area contributed by atoms with Crippen LogP contribution in [0.15, 0.2) is 30.6 Å². The zero-order valence-corrected chi connectivity index (χ0v) is 14.7. The topological polar surface area (TPSA) is 55.3 Å². The first-order valence-electron chi connectivity index (χ1n) is 7.97. The van der Waals surface area contributed by atoms with Gasteiger partial charge in [0.05, 0.1) is 23.1 Å². The van der Waals surface area contributed by atoms with Crippen molar-refractivity contribution in [3.8, 4) is 11.3 Å². The van der Waals surface area contributed by atoms with Crippen molar-refractivity contribution in [2.24, 2.45) is 0 Å². The van der Waals surface area contributed by atoms with Gasteiger partial charge >= 0.3 is 0 Å². The van der Waals surface area contributed by atoms with Gasteiger partial charge < -0.3 is 4.74 Å². The van der Waals surface area contributed by atoms with Crippen LogP contribution in [0.2, 0.25) is 0 Å². The van der Waals surface area contributed by atoms with Crippen LogP contribution >= 0.6 is 0 Å². The summed E-state index contributed by atoms with van der Waals surface area (Å²) in [4.78, 5) is 20.7. The van der Waals surface area contributed by atoms with Crippen LogP contribution in [0.4, 0.5) is 13.2 Å². The van der Waals surface area contributed by atoms with Crippen LogP contribution in [-0.4, -0.2) is 41.0 Å². The highest BCUT2D eigenvalue weighted by molar-refractivity contribution is 5.59. The lowest BCUT2D eigenvalue weighted by atomic mass is 10.0. The van der Waals surface area contributed by atoms with Gasteiger partial charge in [-0.1, -0.05) is 0 Å². The molecule has 5 nitrogen and oxygen atoms in total. The summed E-state index contributed by atoms with van der Waals surface area (Å²) < 4.78 is 45.5. The van der Waals surface area contributed by atoms with E-state index in [1.165, 1.54) is 12.3 Å². The first-order chi connectivity index (χ1) is 12.2. The maximum absolute atomic E-state index is 13.7. The average molecular weight is 367 g/mol. The smallest absolute Gasteiger partial charge is 0.293 e. The maximum atomic E-state index is 13.7. The molecule has 0 aliphatic heterocycles. The number of carbonyl (C=O) groups is 1. The molecule has 26 heavy (non-hydrogen) atoms. The molecule has 0 radical (unpaired) electrons. The molecule has 1 atom stereocenters. The minimum atomic E-state index is -3.29. The lowest BCUT2D eigenvalue weighted by Crippen LogP contribution is -2.32. The molecule has 0 fully saturated rings. The summed E-state index contributed by atoms with van der Waals surface area (Å²) >= 11 is 0. The van der Waals surface area contributed by atoms with E-state index in [2.05, 4.69) is 9.97 Å². The molecule has 140 valence electrons. The molecular weight excluding hydrogens is 347 g/mol. The van der Waals surface area contributed by atoms with Gasteiger partial charge in [0.25, 0.3) is 12.4 Å². The molecule has 2 rings (SSSR count). The molecule has 2 aromatic rings. The van der Waals surface area contributed by atoms with Gasteiger partial charge in [0.2, 0.25) is 0 Å². The van der Waals surface area contributed by atoms with Crippen LogP contribution < -0.4 is 0 Å². The summed E-state index contributed by atoms with van der Waals surface area (Å²) in [6, 6.07) is 3.44. The van der Waals surface area contributed by atoms with Crippen LogP contribution in [0.3, 0.4) is 0 Å². The van der Waals surface area contributed by atoms with Gasteiger partial charge in [-0.25, -0.2) is 18.2 Å². The van der Waals surface area contributed by atoms with Gasteiger partial charge in [-0.05, 0) is 32.2 Å². The van der Waals surface area contributed by atoms with Gasteiger partial charge in [0.15, 0.2) is 0 Å². The number of carbonyl (C=O) groups excluding carboxylic acids is 1. The normalized spacial score (nSPS) is 12.9. The van der Waals surface area contributed by atoms with E-state index in [1.54, 1.807) is 6.20 Å². The van der Waals surface area contributed by atoms with Crippen molar-refractivity contribution < 1.29 is 22.7 Å². The largest absolute Gasteiger partial charge is 0.466 e. The first-order valence-corrected chi connectivity index (χ1v) is 7.97. The Morgan fingerprint density at radius 2 is 2.08 bits per heavy atom. The van der Waals surface area contributed by atoms with E-state index in [-0.39, 0.29) is 12.6 Å². The number of hydrogen-bond acceptors (Lipinski definition) is 5. The summed E-state index contributed by atoms with van der Waals surface area (Å²) in [6.07, 6.45) is 3.00. The fourth-order valence-electron chi connectivity index (χ4n) is 2.36. The molecule has 0 N–H and O–H groups in total. The number of hydrogen-bond donors (Lipinski definition) is 0. The van der Waals surface area contributed by atoms with Crippen LogP contribution in [0, 0.1) is 5.82 Å². The Balaban J connectivity index is 2.23. The van der Waals surface area contributed by atoms with E-state index in [0.29, 0.717) is 36.9 Å². The van der Waals surface area contributed by atoms with E-state index in [1.807, 2.05) is 18.9 Å². The Bertz CT molecular complexity index is 766. The SMILES string of the molecule is CC(COC=O)N(C)Cc1cncc(-c2ccc(F)c(C(C)(F)F)c2)n1. The van der Waals surface area contributed by atoms with Gasteiger partial charge in [-0.3, -0.25) is 14.7 Å². The average Bonchev–Trinajstić information content (AvgIpc) is 2.59. The Kier molecular flexibility index (Phi) is 6.31. The van der Waals surface area contributed by atoms with Gasteiger partial charge in [-0.2, -0.15) is 0 Å². The molecule has 1 aromatic heterocycles. The molecular formula is C18H20F3N3O2. The molecule has 0 aliphatic carbocycles. The van der Waals surface area contributed by atoms with Crippen LogP contribution in [0.1, 0.15) is 25.1 Å². The predicted octanol–water partition coefficient (Wildman–Crippen LogP) is 3.39. The molecule has 0 saturated heterocycles. The lowest BCUT2D eigenvalue weighted by Gasteiger charge is -2.23. The third-order valence-electron chi connectivity index (χ3n) is 3.99. The van der Waals surface area contributed by atoms with E-state index >= 15 is 0 Å². The Morgan fingerprint density at radius 1 is 1.35 bits per heavy atom. The highest BCUT2D eigenvalue weighted by Crippen LogP contribution is 2.32. The number of halogens is 3. The van der Waals surface area contributed by atoms with Gasteiger partial charge in [-0.15, -0.1) is 0 Å². The molecule has 8 heteroatoms. The molecule has 0 saturated carbocycles. The number of rotatable bonds is 8. The molecule has 1 aromatic carbocycles. The third-order valence-corrected chi connectivity index (χ3v) is 3.99. The zero-order chi connectivity index (χ0) is 19.3. The third kappa shape index (κ3) is 5.01. The summed E-state index contributed by atoms with van der Waals surface area (Å²) in [7, 11) is 1.83. The van der Waals surface area contributed by atoms with Crippen molar-refractivity contribution in [2.45, 2.75) is 32.4 Å². The Morgan fingerprint density at radius 3 is 2.73 bits per heavy atom. The van der Waals surface area contributed by atoms with Crippen molar-refractivity contribution in [3.63, 3.8) is 0 Å². The summed E-state index contributed by atoms with van der Waals surface area (Å²) in [5.74, 6) is -4.26. The van der Waals surface area contributed by atoms with Crippen molar-refractivity contribution in [1.82, 2.24) is 14.9 Å². The van der Waals surface area contributed by atoms with Crippen LogP contribution in [0.5, 0.6) is 0 Å². The monoisotopic (exact) mass is 367 g/mol. The molecule has 1 unspecified atom stereocenters. The second-order valence-corrected chi connectivity index (χ2v) is 6.17. The molecule has 0 spiro atoms. The number of ether oxygens (including phenoxy) is 1. The summed E-state index contributed by atoms with van der Waals surface area (Å²) in [6.45, 7) is 3.58. The fraction of sp³-hybridized carbons (Fsp3) is 0.389. The molecule has 0 bridgehead atoms. The second kappa shape index (κ2) is 8.27. The maximum Gasteiger partial charge on any atom is 0.293 e. The Hall–Kier alpha value is -2.48. The number of alkyl halides is 2. The predicted molar refractivity (Wildman–Crippen MR) is 89.9 cm³/mol. The highest BCUT2D eigenvalue weighted by atomic mass is 19.3. The van der Waals surface area contributed by atoms with Crippen LogP contribution in [0.25, 0.3) is 11.3 Å². The fourth-order valence-corrected chi connectivity index (χ4v) is 2.36. The number of aromatic nitrogens is 2. The van der Waals surface area contributed by atoms with Crippen molar-refractivity contribution in [1.29, 1.82) is 0 Å². The van der Waals surface area contributed by atoms with E-state index < -0.39 is 17.3 Å². The minimum Gasteiger partial charge on any atom is -0.466 e. The number of nitrogens with zero attached hydrogens (tertiary/aromatic N) is 3. The standard InChI is InChI=1S/C18H20F3N3O2/c1-12(10-26-11-25)24(3)9-14-7-22-8-17(23-14)13-4-5-16(19)15(6-13)18(2,20)21/h4-8,11-12H,9-10H2,1-3H3. The summed E-state index contributed by atoms with van der Waals surface area (Å²) in [5.41, 5.74) is 0.659. The highest BCUT2D eigenvalue weighted by Gasteiger charge is 2.28. The molecule has 0 amide bonds. The minimum absolute atomic E-state index is 0.0399. The number of benzene rings is 1. The van der Waals surface area contributed by atoms with Crippen LogP contribution in [-0.2, 0) is 22.0 Å². The quantitative estimate of drug-likeness (QED) is 0.670. The van der Waals surface area contributed by atoms with Gasteiger partial charge in [0.1, 0.15) is 12.4 Å². The second-order valence-electron chi connectivity index (χ2n) is 6.17. The first kappa shape index (κ1) is 19.8. The Labute approximate surface area is 149 Å². The lowest BCUT2D eigenvalue weighted by molar-refractivity contribution is -0.130. The molecule has 1 heterocycles. The number of likely N-dealkylation sites (N-methyl/N-ethyl adjacent to an activating group) is 1. The van der Waals surface area contributed by atoms with E-state index in [0.717, 1.165) is 12.1 Å². The van der Waals surface area contributed by atoms with E-state index in [4.69, 9.17) is 4.74 Å². The van der Waals surface area contributed by atoms with Crippen molar-refractivity contribution in [2.75, 3.05) is 13.7 Å².